The van der Waals surface area contributed by atoms with E-state index >= 15 is 0 Å². The second kappa shape index (κ2) is 13.9. The van der Waals surface area contributed by atoms with Crippen LogP contribution in [0.15, 0.2) is 103 Å². The van der Waals surface area contributed by atoms with Crippen molar-refractivity contribution in [2.45, 2.75) is 39.1 Å². The standard InChI is InChI=1S/C39H43N3O4/c1-27-22-42(28(2)25-43)39(44)38-37(34-16-10-11-17-35(34)41(38)4)33-15-9-8-12-30(33)26-45-36(27)24-40(3)23-29-18-20-32(21-19-29)46-31-13-6-5-7-14-31/h5-21,27-28,36,43H,22-26H2,1-4H3/t27-,28-,36-/m0/s1. The molecule has 2 heterocycles. The molecule has 3 atom stereocenters. The number of nitrogens with zero attached hydrogens (tertiary/aromatic N) is 3. The molecule has 0 fully saturated rings. The first-order chi connectivity index (χ1) is 22.3. The highest BCUT2D eigenvalue weighted by Crippen LogP contribution is 2.38. The Hall–Kier alpha value is -4.43. The minimum absolute atomic E-state index is 0.00504. The third kappa shape index (κ3) is 6.58. The summed E-state index contributed by atoms with van der Waals surface area (Å²) in [7, 11) is 4.06. The lowest BCUT2D eigenvalue weighted by Crippen LogP contribution is -2.47. The van der Waals surface area contributed by atoms with Gasteiger partial charge in [-0.05, 0) is 61.0 Å². The number of hydrogen-bond acceptors (Lipinski definition) is 5. The Morgan fingerprint density at radius 3 is 2.37 bits per heavy atom. The zero-order valence-electron chi connectivity index (χ0n) is 27.1. The largest absolute Gasteiger partial charge is 0.457 e. The smallest absolute Gasteiger partial charge is 0.271 e. The van der Waals surface area contributed by atoms with E-state index in [0.29, 0.717) is 25.4 Å². The third-order valence-electron chi connectivity index (χ3n) is 9.07. The molecule has 0 spiro atoms. The molecule has 0 bridgehead atoms. The van der Waals surface area contributed by atoms with Crippen LogP contribution in [-0.4, -0.2) is 64.3 Å². The summed E-state index contributed by atoms with van der Waals surface area (Å²) in [6.07, 6.45) is -0.155. The van der Waals surface area contributed by atoms with Crippen molar-refractivity contribution in [1.82, 2.24) is 14.4 Å². The van der Waals surface area contributed by atoms with E-state index in [1.807, 2.05) is 90.2 Å². The van der Waals surface area contributed by atoms with E-state index in [2.05, 4.69) is 55.3 Å². The lowest BCUT2D eigenvalue weighted by atomic mass is 9.96. The molecule has 1 aromatic heterocycles. The normalized spacial score (nSPS) is 17.8. The van der Waals surface area contributed by atoms with Crippen molar-refractivity contribution in [2.75, 3.05) is 26.7 Å². The van der Waals surface area contributed by atoms with Crippen molar-refractivity contribution in [3.63, 3.8) is 0 Å². The van der Waals surface area contributed by atoms with Gasteiger partial charge < -0.3 is 24.0 Å². The Morgan fingerprint density at radius 2 is 1.61 bits per heavy atom. The van der Waals surface area contributed by atoms with Gasteiger partial charge in [0.25, 0.3) is 5.91 Å². The van der Waals surface area contributed by atoms with Crippen LogP contribution >= 0.6 is 0 Å². The van der Waals surface area contributed by atoms with Crippen LogP contribution in [-0.2, 0) is 24.9 Å². The van der Waals surface area contributed by atoms with Crippen LogP contribution in [0, 0.1) is 5.92 Å². The second-order valence-corrected chi connectivity index (χ2v) is 12.5. The molecule has 7 nitrogen and oxygen atoms in total. The summed E-state index contributed by atoms with van der Waals surface area (Å²) in [4.78, 5) is 18.7. The average Bonchev–Trinajstić information content (AvgIpc) is 3.37. The number of aliphatic hydroxyl groups is 1. The molecule has 0 aliphatic carbocycles. The molecule has 4 aromatic carbocycles. The van der Waals surface area contributed by atoms with E-state index in [1.54, 1.807) is 0 Å². The Morgan fingerprint density at radius 1 is 0.935 bits per heavy atom. The van der Waals surface area contributed by atoms with Crippen LogP contribution in [0.3, 0.4) is 0 Å². The van der Waals surface area contributed by atoms with E-state index in [1.165, 1.54) is 5.56 Å². The highest BCUT2D eigenvalue weighted by atomic mass is 16.5. The van der Waals surface area contributed by atoms with Gasteiger partial charge in [0.2, 0.25) is 0 Å². The molecule has 238 valence electrons. The predicted octanol–water partition coefficient (Wildman–Crippen LogP) is 7.13. The Labute approximate surface area is 271 Å². The maximum Gasteiger partial charge on any atom is 0.271 e. The Kier molecular flexibility index (Phi) is 9.54. The van der Waals surface area contributed by atoms with Gasteiger partial charge in [-0.1, -0.05) is 79.7 Å². The van der Waals surface area contributed by atoms with Gasteiger partial charge in [-0.2, -0.15) is 0 Å². The van der Waals surface area contributed by atoms with Gasteiger partial charge in [0, 0.05) is 49.1 Å². The fraction of sp³-hybridized carbons (Fsp3) is 0.308. The van der Waals surface area contributed by atoms with E-state index in [0.717, 1.165) is 45.6 Å². The van der Waals surface area contributed by atoms with Gasteiger partial charge in [0.05, 0.1) is 25.4 Å². The molecule has 6 rings (SSSR count). The third-order valence-corrected chi connectivity index (χ3v) is 9.07. The maximum absolute atomic E-state index is 14.6. The summed E-state index contributed by atoms with van der Waals surface area (Å²) in [6, 6.07) is 34.0. The highest BCUT2D eigenvalue weighted by molar-refractivity contribution is 6.10. The number of aryl methyl sites for hydroxylation is 1. The highest BCUT2D eigenvalue weighted by Gasteiger charge is 2.33. The first-order valence-corrected chi connectivity index (χ1v) is 16.0. The first-order valence-electron chi connectivity index (χ1n) is 16.0. The molecule has 0 unspecified atom stereocenters. The number of para-hydroxylation sites is 2. The fourth-order valence-electron chi connectivity index (χ4n) is 6.50. The molecule has 1 amide bonds. The number of aliphatic hydroxyl groups excluding tert-OH is 1. The van der Waals surface area contributed by atoms with Crippen LogP contribution < -0.4 is 4.74 Å². The zero-order chi connectivity index (χ0) is 32.2. The number of likely N-dealkylation sites (N-methyl/N-ethyl adjacent to an activating group) is 1. The molecule has 1 N–H and O–H groups in total. The number of carbonyl (C=O) groups excluding carboxylic acids is 1. The molecule has 0 saturated carbocycles. The molecule has 7 heteroatoms. The van der Waals surface area contributed by atoms with Crippen LogP contribution in [0.2, 0.25) is 0 Å². The summed E-state index contributed by atoms with van der Waals surface area (Å²) >= 11 is 0. The van der Waals surface area contributed by atoms with Crippen molar-refractivity contribution in [1.29, 1.82) is 0 Å². The molecule has 1 aliphatic heterocycles. The number of benzene rings is 4. The minimum Gasteiger partial charge on any atom is -0.457 e. The predicted molar refractivity (Wildman–Crippen MR) is 183 cm³/mol. The zero-order valence-corrected chi connectivity index (χ0v) is 27.1. The second-order valence-electron chi connectivity index (χ2n) is 12.5. The molecular formula is C39H43N3O4. The van der Waals surface area contributed by atoms with Crippen molar-refractivity contribution in [3.8, 4) is 22.6 Å². The minimum atomic E-state index is -0.355. The molecule has 5 aromatic rings. The van der Waals surface area contributed by atoms with Crippen LogP contribution in [0.1, 0.15) is 35.5 Å². The van der Waals surface area contributed by atoms with Crippen molar-refractivity contribution >= 4 is 16.8 Å². The van der Waals surface area contributed by atoms with Gasteiger partial charge in [0.15, 0.2) is 0 Å². The number of aromatic nitrogens is 1. The Balaban J connectivity index is 1.28. The number of amides is 1. The number of fused-ring (bicyclic) bond motifs is 5. The summed E-state index contributed by atoms with van der Waals surface area (Å²) < 4.78 is 14.7. The number of rotatable bonds is 8. The van der Waals surface area contributed by atoms with E-state index in [-0.39, 0.29) is 30.6 Å². The van der Waals surface area contributed by atoms with Crippen LogP contribution in [0.4, 0.5) is 0 Å². The summed E-state index contributed by atoms with van der Waals surface area (Å²) in [5.41, 5.74) is 5.77. The molecule has 0 saturated heterocycles. The van der Waals surface area contributed by atoms with Crippen molar-refractivity contribution in [3.05, 3.63) is 120 Å². The Bertz CT molecular complexity index is 1780. The first kappa shape index (κ1) is 31.5. The number of carbonyl (C=O) groups is 1. The molecule has 1 aliphatic rings. The number of hydrogen-bond donors (Lipinski definition) is 1. The fourth-order valence-corrected chi connectivity index (χ4v) is 6.50. The van der Waals surface area contributed by atoms with E-state index in [9.17, 15) is 9.90 Å². The summed E-state index contributed by atoms with van der Waals surface area (Å²) in [5, 5.41) is 11.3. The van der Waals surface area contributed by atoms with Crippen LogP contribution in [0.5, 0.6) is 11.5 Å². The molecular weight excluding hydrogens is 574 g/mol. The van der Waals surface area contributed by atoms with Crippen molar-refractivity contribution in [2.24, 2.45) is 13.0 Å². The van der Waals surface area contributed by atoms with Crippen molar-refractivity contribution < 1.29 is 19.4 Å². The van der Waals surface area contributed by atoms with Gasteiger partial charge in [0.1, 0.15) is 17.2 Å². The van der Waals surface area contributed by atoms with Gasteiger partial charge in [-0.25, -0.2) is 0 Å². The molecule has 46 heavy (non-hydrogen) atoms. The average molecular weight is 618 g/mol. The lowest BCUT2D eigenvalue weighted by molar-refractivity contribution is -0.0242. The topological polar surface area (TPSA) is 67.2 Å². The monoisotopic (exact) mass is 617 g/mol. The van der Waals surface area contributed by atoms with Gasteiger partial charge >= 0.3 is 0 Å². The van der Waals surface area contributed by atoms with E-state index < -0.39 is 0 Å². The summed E-state index contributed by atoms with van der Waals surface area (Å²) in [6.45, 7) is 6.24. The summed E-state index contributed by atoms with van der Waals surface area (Å²) in [5.74, 6) is 1.54. The van der Waals surface area contributed by atoms with Gasteiger partial charge in [-0.3, -0.25) is 9.69 Å². The maximum atomic E-state index is 14.6. The lowest BCUT2D eigenvalue weighted by Gasteiger charge is -2.35. The number of ether oxygens (including phenoxy) is 2. The SMILES string of the molecule is C[C@H]1CN([C@@H](C)CO)C(=O)c2c(c3ccccc3n2C)-c2ccccc2CO[C@H]1CN(C)Cc1ccc(Oc2ccccc2)cc1. The van der Waals surface area contributed by atoms with E-state index in [4.69, 9.17) is 9.47 Å². The quantitative estimate of drug-likeness (QED) is 0.201. The van der Waals surface area contributed by atoms with Gasteiger partial charge in [-0.15, -0.1) is 0 Å². The molecule has 0 radical (unpaired) electrons. The van der Waals surface area contributed by atoms with Crippen LogP contribution in [0.25, 0.3) is 22.0 Å².